The molecule has 0 spiro atoms. The molecule has 2 aromatic heterocycles. The van der Waals surface area contributed by atoms with Gasteiger partial charge in [-0.2, -0.15) is 5.10 Å². The number of fused-ring (bicyclic) bond motifs is 3. The van der Waals surface area contributed by atoms with Crippen LogP contribution < -0.4 is 4.74 Å². The Bertz CT molecular complexity index is 1230. The maximum atomic E-state index is 13.0. The zero-order valence-electron chi connectivity index (χ0n) is 16.4. The van der Waals surface area contributed by atoms with E-state index in [0.717, 1.165) is 45.9 Å². The van der Waals surface area contributed by atoms with E-state index in [0.29, 0.717) is 12.0 Å². The number of aryl methyl sites for hydroxylation is 1. The lowest BCUT2D eigenvalue weighted by atomic mass is 9.81. The van der Waals surface area contributed by atoms with E-state index in [4.69, 9.17) is 9.84 Å². The molecular weight excluding hydrogens is 362 g/mol. The SMILES string of the molecule is COc1ccccc1[C@@H]1CC(=O)c2cnc3c(-c4ccccc4)c(C)nn3c2C1. The number of benzene rings is 2. The molecule has 0 saturated carbocycles. The number of para-hydroxylation sites is 1. The zero-order chi connectivity index (χ0) is 20.0. The van der Waals surface area contributed by atoms with Crippen molar-refractivity contribution in [1.29, 1.82) is 0 Å². The van der Waals surface area contributed by atoms with Crippen molar-refractivity contribution >= 4 is 11.4 Å². The van der Waals surface area contributed by atoms with Crippen molar-refractivity contribution in [3.63, 3.8) is 0 Å². The molecule has 1 aliphatic carbocycles. The van der Waals surface area contributed by atoms with Crippen LogP contribution in [0.25, 0.3) is 16.8 Å². The molecule has 0 saturated heterocycles. The molecule has 2 heterocycles. The van der Waals surface area contributed by atoms with E-state index in [1.807, 2.05) is 53.9 Å². The second-order valence-electron chi connectivity index (χ2n) is 7.45. The number of carbonyl (C=O) groups is 1. The van der Waals surface area contributed by atoms with Gasteiger partial charge in [0, 0.05) is 24.1 Å². The maximum Gasteiger partial charge on any atom is 0.166 e. The van der Waals surface area contributed by atoms with Gasteiger partial charge in [-0.3, -0.25) is 4.79 Å². The Labute approximate surface area is 169 Å². The lowest BCUT2D eigenvalue weighted by Gasteiger charge is -2.25. The number of rotatable bonds is 3. The summed E-state index contributed by atoms with van der Waals surface area (Å²) in [6, 6.07) is 18.1. The van der Waals surface area contributed by atoms with Gasteiger partial charge >= 0.3 is 0 Å². The van der Waals surface area contributed by atoms with E-state index in [1.54, 1.807) is 13.3 Å². The first-order valence-corrected chi connectivity index (χ1v) is 9.76. The molecule has 0 radical (unpaired) electrons. The Kier molecular flexibility index (Phi) is 4.16. The molecule has 29 heavy (non-hydrogen) atoms. The number of Topliss-reactive ketones (excluding diaryl/α,β-unsaturated/α-hetero) is 1. The minimum Gasteiger partial charge on any atom is -0.496 e. The Morgan fingerprint density at radius 3 is 2.59 bits per heavy atom. The zero-order valence-corrected chi connectivity index (χ0v) is 16.4. The van der Waals surface area contributed by atoms with Gasteiger partial charge in [0.1, 0.15) is 5.75 Å². The molecule has 144 valence electrons. The molecule has 1 aliphatic rings. The van der Waals surface area contributed by atoms with Crippen LogP contribution in [0.2, 0.25) is 0 Å². The molecule has 0 fully saturated rings. The summed E-state index contributed by atoms with van der Waals surface area (Å²) in [6.07, 6.45) is 2.89. The molecular formula is C24H21N3O2. The van der Waals surface area contributed by atoms with Crippen molar-refractivity contribution < 1.29 is 9.53 Å². The number of aromatic nitrogens is 3. The second-order valence-corrected chi connectivity index (χ2v) is 7.45. The number of nitrogens with zero attached hydrogens (tertiary/aromatic N) is 3. The Balaban J connectivity index is 1.67. The van der Waals surface area contributed by atoms with Gasteiger partial charge in [0.2, 0.25) is 0 Å². The summed E-state index contributed by atoms with van der Waals surface area (Å²) in [6.45, 7) is 1.99. The van der Waals surface area contributed by atoms with Crippen molar-refractivity contribution in [2.75, 3.05) is 7.11 Å². The van der Waals surface area contributed by atoms with Crippen LogP contribution >= 0.6 is 0 Å². The second kappa shape index (κ2) is 6.85. The topological polar surface area (TPSA) is 56.5 Å². The highest BCUT2D eigenvalue weighted by atomic mass is 16.5. The third-order valence-corrected chi connectivity index (χ3v) is 5.73. The van der Waals surface area contributed by atoms with Crippen LogP contribution in [0, 0.1) is 6.92 Å². The first-order valence-electron chi connectivity index (χ1n) is 9.76. The van der Waals surface area contributed by atoms with Crippen molar-refractivity contribution in [2.45, 2.75) is 25.7 Å². The van der Waals surface area contributed by atoms with Crippen molar-refractivity contribution in [1.82, 2.24) is 14.6 Å². The number of ether oxygens (including phenoxy) is 1. The van der Waals surface area contributed by atoms with E-state index < -0.39 is 0 Å². The summed E-state index contributed by atoms with van der Waals surface area (Å²) in [5.74, 6) is 0.980. The highest BCUT2D eigenvalue weighted by Crippen LogP contribution is 2.38. The fourth-order valence-electron chi connectivity index (χ4n) is 4.37. The molecule has 1 atom stereocenters. The van der Waals surface area contributed by atoms with Crippen LogP contribution in [0.15, 0.2) is 60.8 Å². The summed E-state index contributed by atoms with van der Waals surface area (Å²) < 4.78 is 7.41. The standard InChI is InChI=1S/C24H21N3O2/c1-15-23(16-8-4-3-5-9-16)24-25-14-19-20(27(24)26-15)12-17(13-21(19)28)18-10-6-7-11-22(18)29-2/h3-11,14,17H,12-13H2,1-2H3/t17-/m0/s1. The Morgan fingerprint density at radius 1 is 1.03 bits per heavy atom. The fraction of sp³-hybridized carbons (Fsp3) is 0.208. The number of methoxy groups -OCH3 is 1. The van der Waals surface area contributed by atoms with E-state index in [1.165, 1.54) is 0 Å². The number of hydrogen-bond donors (Lipinski definition) is 0. The molecule has 0 amide bonds. The van der Waals surface area contributed by atoms with Gasteiger partial charge in [-0.1, -0.05) is 48.5 Å². The monoisotopic (exact) mass is 383 g/mol. The summed E-state index contributed by atoms with van der Waals surface area (Å²) in [7, 11) is 1.67. The molecule has 4 aromatic rings. The molecule has 0 bridgehead atoms. The average Bonchev–Trinajstić information content (AvgIpc) is 3.10. The summed E-state index contributed by atoms with van der Waals surface area (Å²) in [5.41, 5.74) is 6.45. The lowest BCUT2D eigenvalue weighted by Crippen LogP contribution is -2.22. The van der Waals surface area contributed by atoms with Crippen molar-refractivity contribution in [3.05, 3.63) is 83.3 Å². The first kappa shape index (κ1) is 17.6. The van der Waals surface area contributed by atoms with Gasteiger partial charge in [0.15, 0.2) is 11.4 Å². The van der Waals surface area contributed by atoms with Gasteiger partial charge in [0.25, 0.3) is 0 Å². The molecule has 2 aromatic carbocycles. The van der Waals surface area contributed by atoms with E-state index in [2.05, 4.69) is 17.1 Å². The third-order valence-electron chi connectivity index (χ3n) is 5.73. The van der Waals surface area contributed by atoms with Crippen molar-refractivity contribution in [2.24, 2.45) is 0 Å². The smallest absolute Gasteiger partial charge is 0.166 e. The van der Waals surface area contributed by atoms with E-state index in [9.17, 15) is 4.79 Å². The van der Waals surface area contributed by atoms with Crippen LogP contribution in [0.5, 0.6) is 5.75 Å². The van der Waals surface area contributed by atoms with E-state index >= 15 is 0 Å². The third kappa shape index (κ3) is 2.81. The highest BCUT2D eigenvalue weighted by molar-refractivity contribution is 5.99. The molecule has 5 rings (SSSR count). The van der Waals surface area contributed by atoms with Gasteiger partial charge in [-0.15, -0.1) is 0 Å². The minimum absolute atomic E-state index is 0.0569. The average molecular weight is 383 g/mol. The highest BCUT2D eigenvalue weighted by Gasteiger charge is 2.31. The predicted molar refractivity (Wildman–Crippen MR) is 112 cm³/mol. The van der Waals surface area contributed by atoms with Crippen LogP contribution in [-0.2, 0) is 6.42 Å². The summed E-state index contributed by atoms with van der Waals surface area (Å²) >= 11 is 0. The molecule has 0 aliphatic heterocycles. The van der Waals surface area contributed by atoms with Gasteiger partial charge < -0.3 is 4.74 Å². The molecule has 5 nitrogen and oxygen atoms in total. The quantitative estimate of drug-likeness (QED) is 0.518. The lowest BCUT2D eigenvalue weighted by molar-refractivity contribution is 0.0961. The van der Waals surface area contributed by atoms with Crippen LogP contribution in [0.4, 0.5) is 0 Å². The van der Waals surface area contributed by atoms with Gasteiger partial charge in [-0.05, 0) is 30.5 Å². The van der Waals surface area contributed by atoms with Crippen LogP contribution in [0.3, 0.4) is 0 Å². The first-order chi connectivity index (χ1) is 14.2. The minimum atomic E-state index is 0.0569. The Morgan fingerprint density at radius 2 is 1.79 bits per heavy atom. The normalized spacial score (nSPS) is 16.1. The predicted octanol–water partition coefficient (Wildman–Crippen LogP) is 4.63. The molecule has 0 N–H and O–H groups in total. The largest absolute Gasteiger partial charge is 0.496 e. The van der Waals surface area contributed by atoms with Crippen LogP contribution in [-0.4, -0.2) is 27.5 Å². The van der Waals surface area contributed by atoms with Crippen molar-refractivity contribution in [3.8, 4) is 16.9 Å². The van der Waals surface area contributed by atoms with Gasteiger partial charge in [0.05, 0.1) is 24.1 Å². The van der Waals surface area contributed by atoms with Gasteiger partial charge in [-0.25, -0.2) is 9.50 Å². The molecule has 0 unspecified atom stereocenters. The number of ketones is 1. The Hall–Kier alpha value is -3.47. The van der Waals surface area contributed by atoms with Crippen LogP contribution in [0.1, 0.15) is 39.6 Å². The number of carbonyl (C=O) groups excluding carboxylic acids is 1. The van der Waals surface area contributed by atoms with E-state index in [-0.39, 0.29) is 11.7 Å². The summed E-state index contributed by atoms with van der Waals surface area (Å²) in [5, 5.41) is 4.78. The number of hydrogen-bond acceptors (Lipinski definition) is 4. The maximum absolute atomic E-state index is 13.0. The molecule has 5 heteroatoms. The summed E-state index contributed by atoms with van der Waals surface area (Å²) in [4.78, 5) is 17.6. The fourth-order valence-corrected chi connectivity index (χ4v) is 4.37.